The molecule has 1 aliphatic heterocycles. The van der Waals surface area contributed by atoms with Crippen molar-refractivity contribution in [2.75, 3.05) is 11.9 Å². The van der Waals surface area contributed by atoms with E-state index in [9.17, 15) is 13.6 Å². The highest BCUT2D eigenvalue weighted by molar-refractivity contribution is 6.00. The van der Waals surface area contributed by atoms with E-state index < -0.39 is 29.1 Å². The number of para-hydroxylation sites is 2. The van der Waals surface area contributed by atoms with Gasteiger partial charge in [-0.25, -0.2) is 8.78 Å². The molecule has 0 bridgehead atoms. The van der Waals surface area contributed by atoms with Crippen LogP contribution in [0.3, 0.4) is 0 Å². The van der Waals surface area contributed by atoms with Crippen LogP contribution in [-0.2, 0) is 0 Å². The summed E-state index contributed by atoms with van der Waals surface area (Å²) in [6.45, 7) is 0.170. The smallest absolute Gasteiger partial charge is 0.211 e. The second-order valence-corrected chi connectivity index (χ2v) is 4.44. The van der Waals surface area contributed by atoms with Gasteiger partial charge in [-0.1, -0.05) is 18.2 Å². The second kappa shape index (κ2) is 4.92. The van der Waals surface area contributed by atoms with Crippen LogP contribution in [-0.4, -0.2) is 18.4 Å². The molecule has 0 aromatic heterocycles. The van der Waals surface area contributed by atoms with Crippen molar-refractivity contribution < 1.29 is 18.3 Å². The van der Waals surface area contributed by atoms with E-state index in [1.165, 1.54) is 6.07 Å². The van der Waals surface area contributed by atoms with E-state index in [2.05, 4.69) is 5.32 Å². The molecule has 5 heteroatoms. The first-order chi connectivity index (χ1) is 9.66. The predicted molar refractivity (Wildman–Crippen MR) is 70.0 cm³/mol. The minimum Gasteiger partial charge on any atom is -0.478 e. The number of fused-ring (bicyclic) bond motifs is 1. The van der Waals surface area contributed by atoms with Gasteiger partial charge < -0.3 is 10.1 Å². The van der Waals surface area contributed by atoms with E-state index in [-0.39, 0.29) is 6.54 Å². The zero-order valence-corrected chi connectivity index (χ0v) is 10.4. The molecule has 0 aliphatic carbocycles. The fourth-order valence-electron chi connectivity index (χ4n) is 2.15. The van der Waals surface area contributed by atoms with Gasteiger partial charge in [0.05, 0.1) is 17.8 Å². The predicted octanol–water partition coefficient (Wildman–Crippen LogP) is 3.02. The SMILES string of the molecule is O=C(c1c(F)cccc1F)C1CNc2ccccc2O1. The maximum absolute atomic E-state index is 13.6. The van der Waals surface area contributed by atoms with Gasteiger partial charge in [0.25, 0.3) is 0 Å². The quantitative estimate of drug-likeness (QED) is 0.856. The molecule has 3 rings (SSSR count). The third kappa shape index (κ3) is 2.11. The summed E-state index contributed by atoms with van der Waals surface area (Å²) in [5, 5.41) is 3.01. The van der Waals surface area contributed by atoms with Crippen LogP contribution in [0.1, 0.15) is 10.4 Å². The first kappa shape index (κ1) is 12.6. The Balaban J connectivity index is 1.90. The minimum atomic E-state index is -0.948. The maximum atomic E-state index is 13.6. The molecule has 1 unspecified atom stereocenters. The number of hydrogen-bond acceptors (Lipinski definition) is 3. The Bertz CT molecular complexity index is 652. The summed E-state index contributed by atoms with van der Waals surface area (Å²) in [6.07, 6.45) is -0.948. The molecule has 1 N–H and O–H groups in total. The Hall–Kier alpha value is -2.43. The number of ketones is 1. The zero-order chi connectivity index (χ0) is 14.1. The molecule has 0 fully saturated rings. The van der Waals surface area contributed by atoms with Gasteiger partial charge >= 0.3 is 0 Å². The molecule has 20 heavy (non-hydrogen) atoms. The van der Waals surface area contributed by atoms with Gasteiger partial charge in [0.2, 0.25) is 5.78 Å². The van der Waals surface area contributed by atoms with Crippen molar-refractivity contribution in [3.8, 4) is 5.75 Å². The summed E-state index contributed by atoms with van der Waals surface area (Å²) in [7, 11) is 0. The lowest BCUT2D eigenvalue weighted by atomic mass is 10.0. The Morgan fingerprint density at radius 2 is 1.80 bits per heavy atom. The van der Waals surface area contributed by atoms with Gasteiger partial charge in [0.15, 0.2) is 6.10 Å². The standard InChI is InChI=1S/C15H11F2NO2/c16-9-4-3-5-10(17)14(9)15(19)13-8-18-11-6-1-2-7-12(11)20-13/h1-7,13,18H,8H2. The lowest BCUT2D eigenvalue weighted by molar-refractivity contribution is 0.0792. The summed E-state index contributed by atoms with van der Waals surface area (Å²) in [4.78, 5) is 12.2. The van der Waals surface area contributed by atoms with Crippen molar-refractivity contribution in [1.29, 1.82) is 0 Å². The van der Waals surface area contributed by atoms with Crippen molar-refractivity contribution in [1.82, 2.24) is 0 Å². The van der Waals surface area contributed by atoms with E-state index in [0.717, 1.165) is 17.8 Å². The molecule has 0 saturated heterocycles. The fourth-order valence-corrected chi connectivity index (χ4v) is 2.15. The molecule has 0 saturated carbocycles. The van der Waals surface area contributed by atoms with Crippen LogP contribution in [0.5, 0.6) is 5.75 Å². The highest BCUT2D eigenvalue weighted by Crippen LogP contribution is 2.29. The molecular formula is C15H11F2NO2. The highest BCUT2D eigenvalue weighted by atomic mass is 19.1. The van der Waals surface area contributed by atoms with Gasteiger partial charge in [-0.05, 0) is 24.3 Å². The number of carbonyl (C=O) groups is 1. The summed E-state index contributed by atoms with van der Waals surface area (Å²) in [5.41, 5.74) is 0.198. The van der Waals surface area contributed by atoms with Crippen LogP contribution >= 0.6 is 0 Å². The largest absolute Gasteiger partial charge is 0.478 e. The molecule has 0 spiro atoms. The van der Waals surface area contributed by atoms with Crippen LogP contribution < -0.4 is 10.1 Å². The number of benzene rings is 2. The number of anilines is 1. The molecule has 0 radical (unpaired) electrons. The maximum Gasteiger partial charge on any atom is 0.211 e. The number of rotatable bonds is 2. The molecule has 1 atom stereocenters. The summed E-state index contributed by atoms with van der Waals surface area (Å²) >= 11 is 0. The van der Waals surface area contributed by atoms with E-state index in [4.69, 9.17) is 4.74 Å². The number of hydrogen-bond donors (Lipinski definition) is 1. The first-order valence-electron chi connectivity index (χ1n) is 6.14. The molecule has 1 heterocycles. The highest BCUT2D eigenvalue weighted by Gasteiger charge is 2.30. The summed E-state index contributed by atoms with van der Waals surface area (Å²) in [6, 6.07) is 10.4. The Labute approximate surface area is 114 Å². The second-order valence-electron chi connectivity index (χ2n) is 4.44. The Morgan fingerprint density at radius 3 is 2.55 bits per heavy atom. The lowest BCUT2D eigenvalue weighted by Gasteiger charge is -2.26. The number of carbonyl (C=O) groups excluding carboxylic acids is 1. The fraction of sp³-hybridized carbons (Fsp3) is 0.133. The number of nitrogens with one attached hydrogen (secondary N) is 1. The minimum absolute atomic E-state index is 0.170. The lowest BCUT2D eigenvalue weighted by Crippen LogP contribution is -2.38. The van der Waals surface area contributed by atoms with Crippen LogP contribution in [0, 0.1) is 11.6 Å². The van der Waals surface area contributed by atoms with E-state index in [0.29, 0.717) is 5.75 Å². The molecular weight excluding hydrogens is 264 g/mol. The molecule has 0 amide bonds. The summed E-state index contributed by atoms with van der Waals surface area (Å²) < 4.78 is 32.7. The van der Waals surface area contributed by atoms with Crippen molar-refractivity contribution in [3.63, 3.8) is 0 Å². The topological polar surface area (TPSA) is 38.3 Å². The van der Waals surface area contributed by atoms with E-state index in [1.54, 1.807) is 18.2 Å². The third-order valence-corrected chi connectivity index (χ3v) is 3.14. The number of Topliss-reactive ketones (excluding diaryl/α,β-unsaturated/α-hetero) is 1. The van der Waals surface area contributed by atoms with Crippen molar-refractivity contribution in [3.05, 3.63) is 59.7 Å². The van der Waals surface area contributed by atoms with E-state index in [1.807, 2.05) is 6.07 Å². The molecule has 2 aromatic carbocycles. The average molecular weight is 275 g/mol. The van der Waals surface area contributed by atoms with Crippen LogP contribution in [0.25, 0.3) is 0 Å². The third-order valence-electron chi connectivity index (χ3n) is 3.14. The van der Waals surface area contributed by atoms with Gasteiger partial charge in [-0.3, -0.25) is 4.79 Å². The van der Waals surface area contributed by atoms with Crippen LogP contribution in [0.4, 0.5) is 14.5 Å². The van der Waals surface area contributed by atoms with Gasteiger partial charge in [-0.2, -0.15) is 0 Å². The Morgan fingerprint density at radius 1 is 1.10 bits per heavy atom. The van der Waals surface area contributed by atoms with Crippen molar-refractivity contribution in [2.45, 2.75) is 6.10 Å². The molecule has 3 nitrogen and oxygen atoms in total. The van der Waals surface area contributed by atoms with Gasteiger partial charge in [-0.15, -0.1) is 0 Å². The summed E-state index contributed by atoms with van der Waals surface area (Å²) in [5.74, 6) is -1.97. The number of halogens is 2. The zero-order valence-electron chi connectivity index (χ0n) is 10.4. The molecule has 1 aliphatic rings. The normalized spacial score (nSPS) is 16.8. The molecule has 2 aromatic rings. The van der Waals surface area contributed by atoms with Gasteiger partial charge in [0.1, 0.15) is 17.4 Å². The number of ether oxygens (including phenoxy) is 1. The van der Waals surface area contributed by atoms with Crippen LogP contribution in [0.15, 0.2) is 42.5 Å². The average Bonchev–Trinajstić information content (AvgIpc) is 2.46. The molecule has 102 valence electrons. The monoisotopic (exact) mass is 275 g/mol. The first-order valence-corrected chi connectivity index (χ1v) is 6.14. The van der Waals surface area contributed by atoms with Crippen LogP contribution in [0.2, 0.25) is 0 Å². The van der Waals surface area contributed by atoms with Crippen molar-refractivity contribution >= 4 is 11.5 Å². The van der Waals surface area contributed by atoms with E-state index >= 15 is 0 Å². The Kier molecular flexibility index (Phi) is 3.10. The van der Waals surface area contributed by atoms with Gasteiger partial charge in [0, 0.05) is 0 Å². The van der Waals surface area contributed by atoms with Crippen molar-refractivity contribution in [2.24, 2.45) is 0 Å².